The molecule has 0 saturated heterocycles. The maximum absolute atomic E-state index is 8.44. The van der Waals surface area contributed by atoms with Gasteiger partial charge in [0, 0.05) is 11.9 Å². The molecule has 0 amide bonds. The number of aromatic nitrogens is 1. The summed E-state index contributed by atoms with van der Waals surface area (Å²) in [5, 5.41) is 14.1. The van der Waals surface area contributed by atoms with Crippen LogP contribution in [0.4, 0.5) is 5.13 Å². The van der Waals surface area contributed by atoms with Gasteiger partial charge in [0.2, 0.25) is 0 Å². The molecular weight excluding hydrogens is 216 g/mol. The Morgan fingerprint density at radius 1 is 1.80 bits per heavy atom. The Morgan fingerprint density at radius 2 is 2.60 bits per heavy atom. The highest BCUT2D eigenvalue weighted by atomic mass is 79.9. The highest BCUT2D eigenvalue weighted by Crippen LogP contribution is 2.18. The summed E-state index contributed by atoms with van der Waals surface area (Å²) in [5.41, 5.74) is 0. The number of hydrogen-bond acceptors (Lipinski definition) is 4. The normalized spacial score (nSPS) is 9.80. The molecular formula is C5H7BrN2OS. The number of thiazole rings is 1. The molecule has 0 atom stereocenters. The third kappa shape index (κ3) is 2.24. The van der Waals surface area contributed by atoms with Gasteiger partial charge in [0.15, 0.2) is 5.13 Å². The highest BCUT2D eigenvalue weighted by molar-refractivity contribution is 9.10. The number of nitrogens with zero attached hydrogens (tertiary/aromatic N) is 1. The molecule has 1 heterocycles. The number of aliphatic hydroxyl groups excluding tert-OH is 1. The Morgan fingerprint density at radius 3 is 3.10 bits per heavy atom. The minimum absolute atomic E-state index is 0.136. The summed E-state index contributed by atoms with van der Waals surface area (Å²) in [6.45, 7) is 0.692. The minimum Gasteiger partial charge on any atom is -0.395 e. The van der Waals surface area contributed by atoms with Crippen molar-refractivity contribution in [2.45, 2.75) is 0 Å². The van der Waals surface area contributed by atoms with Gasteiger partial charge in [-0.25, -0.2) is 4.98 Å². The quantitative estimate of drug-likeness (QED) is 0.811. The summed E-state index contributed by atoms with van der Waals surface area (Å²) in [4.78, 5) is 4.06. The van der Waals surface area contributed by atoms with Gasteiger partial charge in [-0.1, -0.05) is 0 Å². The third-order valence-corrected chi connectivity index (χ3v) is 2.37. The van der Waals surface area contributed by atoms with Gasteiger partial charge in [-0.3, -0.25) is 0 Å². The monoisotopic (exact) mass is 222 g/mol. The predicted octanol–water partition coefficient (Wildman–Crippen LogP) is 1.31. The molecule has 1 aromatic rings. The second-order valence-corrected chi connectivity index (χ2v) is 3.30. The van der Waals surface area contributed by atoms with E-state index in [1.807, 2.05) is 5.38 Å². The van der Waals surface area contributed by atoms with Gasteiger partial charge in [-0.15, -0.1) is 11.3 Å². The lowest BCUT2D eigenvalue weighted by molar-refractivity contribution is 0.311. The molecule has 5 heteroatoms. The van der Waals surface area contributed by atoms with E-state index in [1.165, 1.54) is 11.3 Å². The predicted molar refractivity (Wildman–Crippen MR) is 45.4 cm³/mol. The Kier molecular flexibility index (Phi) is 3.11. The van der Waals surface area contributed by atoms with Crippen LogP contribution in [-0.4, -0.2) is 23.2 Å². The van der Waals surface area contributed by atoms with E-state index in [2.05, 4.69) is 26.2 Å². The topological polar surface area (TPSA) is 45.1 Å². The molecule has 0 saturated carbocycles. The zero-order valence-corrected chi connectivity index (χ0v) is 7.57. The van der Waals surface area contributed by atoms with Crippen LogP contribution in [0.25, 0.3) is 0 Å². The molecule has 0 spiro atoms. The summed E-state index contributed by atoms with van der Waals surface area (Å²) < 4.78 is 0.831. The molecule has 0 fully saturated rings. The van der Waals surface area contributed by atoms with Gasteiger partial charge in [0.1, 0.15) is 4.60 Å². The highest BCUT2D eigenvalue weighted by Gasteiger charge is 1.95. The molecule has 0 aliphatic heterocycles. The van der Waals surface area contributed by atoms with E-state index in [0.717, 1.165) is 9.73 Å². The Bertz CT molecular complexity index is 203. The van der Waals surface area contributed by atoms with Crippen LogP contribution in [0.5, 0.6) is 0 Å². The molecule has 0 bridgehead atoms. The second kappa shape index (κ2) is 3.90. The van der Waals surface area contributed by atoms with Crippen molar-refractivity contribution >= 4 is 32.4 Å². The van der Waals surface area contributed by atoms with E-state index in [1.54, 1.807) is 0 Å². The van der Waals surface area contributed by atoms with Crippen molar-refractivity contribution in [3.63, 3.8) is 0 Å². The first kappa shape index (κ1) is 7.97. The van der Waals surface area contributed by atoms with E-state index in [-0.39, 0.29) is 6.61 Å². The lowest BCUT2D eigenvalue weighted by atomic mass is 10.7. The minimum atomic E-state index is 0.136. The van der Waals surface area contributed by atoms with Crippen molar-refractivity contribution in [2.24, 2.45) is 0 Å². The molecule has 0 aliphatic carbocycles. The third-order valence-electron chi connectivity index (χ3n) is 0.864. The molecule has 0 aromatic carbocycles. The lowest BCUT2D eigenvalue weighted by Gasteiger charge is -1.95. The van der Waals surface area contributed by atoms with Gasteiger partial charge in [0.05, 0.1) is 6.61 Å². The Balaban J connectivity index is 2.42. The molecule has 0 aliphatic rings. The fourth-order valence-corrected chi connectivity index (χ4v) is 1.67. The number of rotatable bonds is 3. The average molecular weight is 223 g/mol. The van der Waals surface area contributed by atoms with E-state index < -0.39 is 0 Å². The summed E-state index contributed by atoms with van der Waals surface area (Å²) in [6, 6.07) is 0. The van der Waals surface area contributed by atoms with Gasteiger partial charge in [0.25, 0.3) is 0 Å². The van der Waals surface area contributed by atoms with E-state index in [4.69, 9.17) is 5.11 Å². The van der Waals surface area contributed by atoms with Crippen molar-refractivity contribution in [3.8, 4) is 0 Å². The van der Waals surface area contributed by atoms with E-state index in [0.29, 0.717) is 6.54 Å². The van der Waals surface area contributed by atoms with Gasteiger partial charge in [-0.05, 0) is 15.9 Å². The summed E-state index contributed by atoms with van der Waals surface area (Å²) in [5.74, 6) is 0. The fourth-order valence-electron chi connectivity index (χ4n) is 0.498. The lowest BCUT2D eigenvalue weighted by Crippen LogP contribution is -2.04. The van der Waals surface area contributed by atoms with Crippen molar-refractivity contribution in [3.05, 3.63) is 9.98 Å². The average Bonchev–Trinajstić information content (AvgIpc) is 2.31. The van der Waals surface area contributed by atoms with Crippen molar-refractivity contribution in [1.82, 2.24) is 4.98 Å². The van der Waals surface area contributed by atoms with Crippen molar-refractivity contribution in [2.75, 3.05) is 18.5 Å². The van der Waals surface area contributed by atoms with E-state index in [9.17, 15) is 0 Å². The van der Waals surface area contributed by atoms with Crippen LogP contribution in [0.3, 0.4) is 0 Å². The van der Waals surface area contributed by atoms with Crippen LogP contribution in [0.2, 0.25) is 0 Å². The smallest absolute Gasteiger partial charge is 0.183 e. The summed E-state index contributed by atoms with van der Waals surface area (Å²) in [6.07, 6.45) is 0. The van der Waals surface area contributed by atoms with Gasteiger partial charge >= 0.3 is 0 Å². The van der Waals surface area contributed by atoms with Gasteiger partial charge < -0.3 is 10.4 Å². The molecule has 2 N–H and O–H groups in total. The van der Waals surface area contributed by atoms with Crippen molar-refractivity contribution in [1.29, 1.82) is 0 Å². The fraction of sp³-hybridized carbons (Fsp3) is 0.400. The van der Waals surface area contributed by atoms with Crippen molar-refractivity contribution < 1.29 is 5.11 Å². The molecule has 56 valence electrons. The number of anilines is 1. The van der Waals surface area contributed by atoms with E-state index >= 15 is 0 Å². The zero-order valence-electron chi connectivity index (χ0n) is 5.17. The second-order valence-electron chi connectivity index (χ2n) is 1.63. The largest absolute Gasteiger partial charge is 0.395 e. The molecule has 1 rings (SSSR count). The first-order valence-electron chi connectivity index (χ1n) is 2.78. The summed E-state index contributed by atoms with van der Waals surface area (Å²) in [7, 11) is 0. The standard InChI is InChI=1S/C5H7BrN2OS/c6-4-3-10-5(8-4)7-1-2-9/h3,9H,1-2H2,(H,7,8). The van der Waals surface area contributed by atoms with Crippen LogP contribution >= 0.6 is 27.3 Å². The Labute approximate surface area is 71.2 Å². The van der Waals surface area contributed by atoms with Crippen LogP contribution < -0.4 is 5.32 Å². The SMILES string of the molecule is OCCNc1nc(Br)cs1. The molecule has 0 radical (unpaired) electrons. The number of halogens is 1. The number of hydrogen-bond donors (Lipinski definition) is 2. The molecule has 3 nitrogen and oxygen atoms in total. The first-order chi connectivity index (χ1) is 4.83. The molecule has 1 aromatic heterocycles. The van der Waals surface area contributed by atoms with Crippen LogP contribution in [0.1, 0.15) is 0 Å². The van der Waals surface area contributed by atoms with Crippen LogP contribution in [-0.2, 0) is 0 Å². The molecule has 10 heavy (non-hydrogen) atoms. The molecule has 0 unspecified atom stereocenters. The first-order valence-corrected chi connectivity index (χ1v) is 4.46. The number of aliphatic hydroxyl groups is 1. The summed E-state index contributed by atoms with van der Waals surface area (Å²) >= 11 is 4.73. The Hall–Kier alpha value is -0.130. The maximum Gasteiger partial charge on any atom is 0.183 e. The zero-order chi connectivity index (χ0) is 7.40. The van der Waals surface area contributed by atoms with Crippen LogP contribution in [0, 0.1) is 0 Å². The van der Waals surface area contributed by atoms with Crippen LogP contribution in [0.15, 0.2) is 9.98 Å². The number of nitrogens with one attached hydrogen (secondary N) is 1. The maximum atomic E-state index is 8.44. The van der Waals surface area contributed by atoms with Gasteiger partial charge in [-0.2, -0.15) is 0 Å².